The van der Waals surface area contributed by atoms with E-state index in [-0.39, 0.29) is 17.7 Å². The van der Waals surface area contributed by atoms with Gasteiger partial charge in [0.25, 0.3) is 0 Å². The van der Waals surface area contributed by atoms with Crippen molar-refractivity contribution in [2.24, 2.45) is 5.92 Å². The molecule has 0 radical (unpaired) electrons. The zero-order valence-corrected chi connectivity index (χ0v) is 20.2. The average molecular weight is 486 g/mol. The number of amides is 2. The smallest absolute Gasteiger partial charge is 0.229 e. The topological polar surface area (TPSA) is 116 Å². The molecule has 36 heavy (non-hydrogen) atoms. The number of fused-ring (bicyclic) bond motifs is 2. The van der Waals surface area contributed by atoms with Gasteiger partial charge < -0.3 is 24.9 Å². The molecule has 2 fully saturated rings. The van der Waals surface area contributed by atoms with Crippen LogP contribution in [0.2, 0.25) is 0 Å². The quantitative estimate of drug-likeness (QED) is 0.441. The van der Waals surface area contributed by atoms with Crippen molar-refractivity contribution in [3.05, 3.63) is 36.7 Å². The van der Waals surface area contributed by atoms with Gasteiger partial charge in [-0.05, 0) is 37.1 Å². The molecule has 10 heteroatoms. The summed E-state index contributed by atoms with van der Waals surface area (Å²) in [4.78, 5) is 41.8. The Balaban J connectivity index is 1.34. The first kappa shape index (κ1) is 22.3. The minimum Gasteiger partial charge on any atom is -0.436 e. The average Bonchev–Trinajstić information content (AvgIpc) is 3.67. The Hall–Kier alpha value is -4.21. The molecule has 1 aliphatic carbocycles. The molecule has 1 aliphatic heterocycles. The lowest BCUT2D eigenvalue weighted by Crippen LogP contribution is -2.48. The highest BCUT2D eigenvalue weighted by Crippen LogP contribution is 2.35. The van der Waals surface area contributed by atoms with Gasteiger partial charge in [-0.1, -0.05) is 0 Å². The lowest BCUT2D eigenvalue weighted by Gasteiger charge is -2.35. The number of hydrogen-bond acceptors (Lipinski definition) is 8. The summed E-state index contributed by atoms with van der Waals surface area (Å²) in [6.45, 7) is 4.58. The number of pyridine rings is 2. The van der Waals surface area contributed by atoms with Gasteiger partial charge in [0.15, 0.2) is 5.58 Å². The van der Waals surface area contributed by atoms with Crippen molar-refractivity contribution in [1.29, 1.82) is 0 Å². The van der Waals surface area contributed by atoms with Gasteiger partial charge in [-0.3, -0.25) is 9.59 Å². The van der Waals surface area contributed by atoms with Crippen LogP contribution in [-0.4, -0.2) is 64.9 Å². The summed E-state index contributed by atoms with van der Waals surface area (Å²) >= 11 is 0. The number of piperazine rings is 1. The third kappa shape index (κ3) is 4.08. The number of nitrogens with one attached hydrogen (secondary N) is 2. The molecule has 2 amide bonds. The van der Waals surface area contributed by atoms with Gasteiger partial charge in [-0.2, -0.15) is 0 Å². The lowest BCUT2D eigenvalue weighted by molar-refractivity contribution is -0.129. The van der Waals surface area contributed by atoms with E-state index in [4.69, 9.17) is 9.40 Å². The third-order valence-electron chi connectivity index (χ3n) is 6.90. The molecule has 4 heterocycles. The van der Waals surface area contributed by atoms with Crippen LogP contribution in [0.3, 0.4) is 0 Å². The van der Waals surface area contributed by atoms with Crippen molar-refractivity contribution in [3.8, 4) is 11.5 Å². The molecule has 1 saturated heterocycles. The van der Waals surface area contributed by atoms with E-state index in [2.05, 4.69) is 25.5 Å². The molecule has 1 saturated carbocycles. The van der Waals surface area contributed by atoms with E-state index in [1.165, 1.54) is 0 Å². The first-order chi connectivity index (χ1) is 17.5. The Morgan fingerprint density at radius 3 is 2.56 bits per heavy atom. The largest absolute Gasteiger partial charge is 0.436 e. The first-order valence-corrected chi connectivity index (χ1v) is 12.2. The Bertz CT molecular complexity index is 1490. The predicted molar refractivity (Wildman–Crippen MR) is 138 cm³/mol. The fourth-order valence-electron chi connectivity index (χ4n) is 4.65. The molecule has 0 bridgehead atoms. The SMILES string of the molecule is CNc1ncc(-c2nc3cc(N4CCN(C(C)=O)CC4)ccc3o2)c2cc(NC(=O)C3CC3)ncc12. The summed E-state index contributed by atoms with van der Waals surface area (Å²) in [6.07, 6.45) is 5.29. The van der Waals surface area contributed by atoms with Gasteiger partial charge in [0.05, 0.1) is 5.56 Å². The molecule has 0 atom stereocenters. The van der Waals surface area contributed by atoms with E-state index in [1.807, 2.05) is 29.2 Å². The minimum absolute atomic E-state index is 0.00447. The fraction of sp³-hybridized carbons (Fsp3) is 0.346. The highest BCUT2D eigenvalue weighted by atomic mass is 16.3. The number of anilines is 3. The number of rotatable bonds is 5. The molecule has 1 aromatic carbocycles. The van der Waals surface area contributed by atoms with Crippen LogP contribution in [0.25, 0.3) is 33.3 Å². The Morgan fingerprint density at radius 2 is 1.83 bits per heavy atom. The van der Waals surface area contributed by atoms with Gasteiger partial charge in [0.1, 0.15) is 17.2 Å². The Labute approximate surface area is 207 Å². The van der Waals surface area contributed by atoms with Crippen molar-refractivity contribution in [3.63, 3.8) is 0 Å². The number of hydrogen-bond donors (Lipinski definition) is 2. The van der Waals surface area contributed by atoms with Gasteiger partial charge in [0, 0.05) is 74.9 Å². The standard InChI is InChI=1S/C26H27N7O3/c1-15(34)32-7-9-33(10-8-32)17-5-6-22-21(11-17)30-26(36-22)20-14-29-24(27-2)19-13-28-23(12-18(19)20)31-25(35)16-3-4-16/h5-6,11-14,16H,3-4,7-10H2,1-2H3,(H,27,29)(H,28,31,35). The van der Waals surface area contributed by atoms with E-state index >= 15 is 0 Å². The third-order valence-corrected chi connectivity index (χ3v) is 6.90. The summed E-state index contributed by atoms with van der Waals surface area (Å²) in [7, 11) is 1.81. The van der Waals surface area contributed by atoms with Crippen molar-refractivity contribution in [2.45, 2.75) is 19.8 Å². The number of carbonyl (C=O) groups is 2. The molecule has 3 aromatic heterocycles. The zero-order chi connectivity index (χ0) is 24.8. The molecule has 184 valence electrons. The predicted octanol–water partition coefficient (Wildman–Crippen LogP) is 3.50. The first-order valence-electron chi connectivity index (χ1n) is 12.2. The second-order valence-electron chi connectivity index (χ2n) is 9.31. The maximum Gasteiger partial charge on any atom is 0.229 e. The van der Waals surface area contributed by atoms with Crippen LogP contribution >= 0.6 is 0 Å². The molecule has 2 N–H and O–H groups in total. The van der Waals surface area contributed by atoms with Gasteiger partial charge in [-0.25, -0.2) is 15.0 Å². The van der Waals surface area contributed by atoms with Crippen LogP contribution < -0.4 is 15.5 Å². The van der Waals surface area contributed by atoms with Crippen molar-refractivity contribution < 1.29 is 14.0 Å². The van der Waals surface area contributed by atoms with E-state index in [1.54, 1.807) is 26.4 Å². The second kappa shape index (κ2) is 8.78. The molecule has 10 nitrogen and oxygen atoms in total. The maximum absolute atomic E-state index is 12.3. The number of benzene rings is 1. The molecule has 0 spiro atoms. The van der Waals surface area contributed by atoms with Crippen LogP contribution in [0.4, 0.5) is 17.3 Å². The number of carbonyl (C=O) groups excluding carboxylic acids is 2. The van der Waals surface area contributed by atoms with E-state index in [0.29, 0.717) is 36.2 Å². The summed E-state index contributed by atoms with van der Waals surface area (Å²) < 4.78 is 6.15. The molecule has 2 aliphatic rings. The van der Waals surface area contributed by atoms with Gasteiger partial charge in [-0.15, -0.1) is 0 Å². The van der Waals surface area contributed by atoms with Crippen molar-refractivity contribution in [2.75, 3.05) is 48.8 Å². The van der Waals surface area contributed by atoms with Crippen molar-refractivity contribution >= 4 is 51.0 Å². The Morgan fingerprint density at radius 1 is 1.03 bits per heavy atom. The molecule has 4 aromatic rings. The Kier molecular flexibility index (Phi) is 5.43. The fourth-order valence-corrected chi connectivity index (χ4v) is 4.65. The van der Waals surface area contributed by atoms with Crippen molar-refractivity contribution in [1.82, 2.24) is 19.9 Å². The highest BCUT2D eigenvalue weighted by Gasteiger charge is 2.30. The van der Waals surface area contributed by atoms with Crippen LogP contribution in [-0.2, 0) is 9.59 Å². The molecule has 0 unspecified atom stereocenters. The summed E-state index contributed by atoms with van der Waals surface area (Å²) in [5.41, 5.74) is 3.20. The second-order valence-corrected chi connectivity index (χ2v) is 9.31. The van der Waals surface area contributed by atoms with E-state index in [9.17, 15) is 9.59 Å². The molecular weight excluding hydrogens is 458 g/mol. The number of aromatic nitrogens is 3. The lowest BCUT2D eigenvalue weighted by atomic mass is 10.1. The molecular formula is C26H27N7O3. The highest BCUT2D eigenvalue weighted by molar-refractivity contribution is 6.03. The minimum atomic E-state index is 0.00447. The van der Waals surface area contributed by atoms with Gasteiger partial charge >= 0.3 is 0 Å². The van der Waals surface area contributed by atoms with Crippen LogP contribution in [0.15, 0.2) is 41.1 Å². The van der Waals surface area contributed by atoms with Crippen LogP contribution in [0.5, 0.6) is 0 Å². The summed E-state index contributed by atoms with van der Waals surface area (Å²) in [6, 6.07) is 7.82. The summed E-state index contributed by atoms with van der Waals surface area (Å²) in [5, 5.41) is 7.67. The van der Waals surface area contributed by atoms with Gasteiger partial charge in [0.2, 0.25) is 17.7 Å². The maximum atomic E-state index is 12.3. The van der Waals surface area contributed by atoms with Crippen LogP contribution in [0.1, 0.15) is 19.8 Å². The monoisotopic (exact) mass is 485 g/mol. The van der Waals surface area contributed by atoms with E-state index in [0.717, 1.165) is 53.5 Å². The zero-order valence-electron chi connectivity index (χ0n) is 20.2. The summed E-state index contributed by atoms with van der Waals surface area (Å²) in [5.74, 6) is 1.84. The molecule has 6 rings (SSSR count). The van der Waals surface area contributed by atoms with Crippen LogP contribution in [0, 0.1) is 5.92 Å². The number of oxazole rings is 1. The number of nitrogens with zero attached hydrogens (tertiary/aromatic N) is 5. The van der Waals surface area contributed by atoms with E-state index < -0.39 is 0 Å². The normalized spacial score (nSPS) is 15.9.